The maximum absolute atomic E-state index is 10.1. The highest BCUT2D eigenvalue weighted by Gasteiger charge is 2.53. The van der Waals surface area contributed by atoms with Gasteiger partial charge in [-0.25, -0.2) is 9.50 Å². The third kappa shape index (κ3) is 3.25. The number of nitrogens with two attached hydrogens (primary N) is 1. The van der Waals surface area contributed by atoms with Crippen LogP contribution in [0.25, 0.3) is 5.52 Å². The Bertz CT molecular complexity index is 883. The van der Waals surface area contributed by atoms with E-state index in [0.29, 0.717) is 17.8 Å². The summed E-state index contributed by atoms with van der Waals surface area (Å²) in [6, 6.07) is 3.75. The van der Waals surface area contributed by atoms with Gasteiger partial charge in [0.15, 0.2) is 19.7 Å². The van der Waals surface area contributed by atoms with E-state index in [2.05, 4.69) is 49.9 Å². The zero-order chi connectivity index (χ0) is 20.0. The maximum atomic E-state index is 10.1. The molecule has 0 radical (unpaired) electrons. The third-order valence-electron chi connectivity index (χ3n) is 5.86. The van der Waals surface area contributed by atoms with Crippen LogP contribution in [0.3, 0.4) is 0 Å². The lowest BCUT2D eigenvalue weighted by molar-refractivity contribution is -0.0700. The molecule has 0 aromatic carbocycles. The Hall–Kier alpha value is -1.92. The molecule has 3 rings (SSSR count). The van der Waals surface area contributed by atoms with Crippen molar-refractivity contribution in [2.75, 3.05) is 12.3 Å². The van der Waals surface area contributed by atoms with Crippen LogP contribution in [-0.4, -0.2) is 46.3 Å². The van der Waals surface area contributed by atoms with Crippen molar-refractivity contribution in [2.24, 2.45) is 0 Å². The van der Waals surface area contributed by atoms with Gasteiger partial charge in [-0.15, -0.1) is 6.42 Å². The van der Waals surface area contributed by atoms with Gasteiger partial charge in [-0.3, -0.25) is 0 Å². The van der Waals surface area contributed by atoms with Crippen LogP contribution in [0.2, 0.25) is 18.1 Å². The lowest BCUT2D eigenvalue weighted by Crippen LogP contribution is -2.51. The van der Waals surface area contributed by atoms with E-state index in [9.17, 15) is 5.11 Å². The first-order valence-corrected chi connectivity index (χ1v) is 12.0. The fraction of sp³-hybridized carbons (Fsp3) is 0.579. The Kier molecular flexibility index (Phi) is 4.85. The molecule has 0 aliphatic carbocycles. The van der Waals surface area contributed by atoms with Crippen LogP contribution >= 0.6 is 0 Å². The first-order valence-electron chi connectivity index (χ1n) is 9.07. The van der Waals surface area contributed by atoms with Crippen molar-refractivity contribution in [2.45, 2.75) is 63.1 Å². The number of rotatable bonds is 4. The quantitative estimate of drug-likeness (QED) is 0.617. The second-order valence-corrected chi connectivity index (χ2v) is 13.4. The van der Waals surface area contributed by atoms with Crippen molar-refractivity contribution in [1.82, 2.24) is 14.6 Å². The van der Waals surface area contributed by atoms with Gasteiger partial charge in [0.05, 0.1) is 18.4 Å². The highest BCUT2D eigenvalue weighted by molar-refractivity contribution is 6.74. The van der Waals surface area contributed by atoms with Crippen molar-refractivity contribution in [3.63, 3.8) is 0 Å². The highest BCUT2D eigenvalue weighted by atomic mass is 28.4. The summed E-state index contributed by atoms with van der Waals surface area (Å²) >= 11 is 0. The fourth-order valence-electron chi connectivity index (χ4n) is 3.15. The molecule has 1 aliphatic heterocycles. The number of aliphatic hydroxyl groups is 1. The number of ether oxygens (including phenoxy) is 1. The van der Waals surface area contributed by atoms with E-state index in [0.717, 1.165) is 5.69 Å². The fourth-order valence-corrected chi connectivity index (χ4v) is 4.50. The smallest absolute Gasteiger partial charge is 0.192 e. The molecule has 146 valence electrons. The molecule has 7 nitrogen and oxygen atoms in total. The zero-order valence-electron chi connectivity index (χ0n) is 16.6. The summed E-state index contributed by atoms with van der Waals surface area (Å²) in [5.74, 6) is 3.06. The minimum Gasteiger partial charge on any atom is -0.410 e. The van der Waals surface area contributed by atoms with Crippen molar-refractivity contribution in [1.29, 1.82) is 0 Å². The normalized spacial score (nSPS) is 26.4. The van der Waals surface area contributed by atoms with Crippen LogP contribution in [0, 0.1) is 12.3 Å². The van der Waals surface area contributed by atoms with Crippen LogP contribution in [0.5, 0.6) is 0 Å². The molecule has 3 N–H and O–H groups in total. The molecule has 2 aromatic heterocycles. The Morgan fingerprint density at radius 1 is 1.48 bits per heavy atom. The van der Waals surface area contributed by atoms with Gasteiger partial charge in [-0.05, 0) is 30.3 Å². The van der Waals surface area contributed by atoms with Crippen LogP contribution < -0.4 is 5.73 Å². The first kappa shape index (κ1) is 19.8. The summed E-state index contributed by atoms with van der Waals surface area (Å²) < 4.78 is 14.5. The zero-order valence-corrected chi connectivity index (χ0v) is 17.6. The second-order valence-electron chi connectivity index (χ2n) is 8.60. The van der Waals surface area contributed by atoms with Gasteiger partial charge in [-0.1, -0.05) is 26.7 Å². The molecule has 8 heteroatoms. The second kappa shape index (κ2) is 6.60. The van der Waals surface area contributed by atoms with E-state index in [1.807, 2.05) is 12.1 Å². The molecule has 0 amide bonds. The number of terminal acetylenes is 1. The first-order chi connectivity index (χ1) is 12.5. The van der Waals surface area contributed by atoms with Gasteiger partial charge >= 0.3 is 0 Å². The predicted molar refractivity (Wildman–Crippen MR) is 107 cm³/mol. The minimum atomic E-state index is -2.11. The molecule has 0 spiro atoms. The maximum Gasteiger partial charge on any atom is 0.192 e. The van der Waals surface area contributed by atoms with Gasteiger partial charge in [-0.2, -0.15) is 5.10 Å². The lowest BCUT2D eigenvalue weighted by Gasteiger charge is -2.41. The number of anilines is 1. The monoisotopic (exact) mass is 388 g/mol. The number of nitrogen functional groups attached to an aromatic ring is 1. The van der Waals surface area contributed by atoms with E-state index in [1.165, 1.54) is 6.33 Å². The number of aromatic nitrogens is 3. The third-order valence-corrected chi connectivity index (χ3v) is 10.4. The molecule has 2 aromatic rings. The summed E-state index contributed by atoms with van der Waals surface area (Å²) in [4.78, 5) is 4.01. The minimum absolute atomic E-state index is 0.0182. The molecule has 0 saturated carbocycles. The van der Waals surface area contributed by atoms with Crippen LogP contribution in [-0.2, 0) is 9.16 Å². The molecular formula is C19H28N4O3Si. The van der Waals surface area contributed by atoms with E-state index in [4.69, 9.17) is 21.3 Å². The molecule has 1 saturated heterocycles. The van der Waals surface area contributed by atoms with Crippen molar-refractivity contribution in [3.05, 3.63) is 24.2 Å². The average Bonchev–Trinajstić information content (AvgIpc) is 3.16. The number of hydrogen-bond donors (Lipinski definition) is 2. The number of aliphatic hydroxyl groups excluding tert-OH is 1. The van der Waals surface area contributed by atoms with Gasteiger partial charge in [0, 0.05) is 6.42 Å². The largest absolute Gasteiger partial charge is 0.410 e. The van der Waals surface area contributed by atoms with E-state index in [-0.39, 0.29) is 17.7 Å². The summed E-state index contributed by atoms with van der Waals surface area (Å²) in [6.45, 7) is 10.5. The van der Waals surface area contributed by atoms with Crippen LogP contribution in [0.15, 0.2) is 18.5 Å². The summed E-state index contributed by atoms with van der Waals surface area (Å²) in [5, 5.41) is 14.4. The van der Waals surface area contributed by atoms with E-state index < -0.39 is 20.0 Å². The number of fused-ring (bicyclic) bond motifs is 1. The lowest BCUT2D eigenvalue weighted by atomic mass is 9.98. The summed E-state index contributed by atoms with van der Waals surface area (Å²) in [5.41, 5.74) is 6.27. The molecule has 1 aliphatic rings. The topological polar surface area (TPSA) is 94.9 Å². The Labute approximate surface area is 161 Å². The van der Waals surface area contributed by atoms with E-state index >= 15 is 0 Å². The van der Waals surface area contributed by atoms with Gasteiger partial charge in [0.2, 0.25) is 0 Å². The predicted octanol–water partition coefficient (Wildman–Crippen LogP) is 2.53. The van der Waals surface area contributed by atoms with Crippen molar-refractivity contribution < 1.29 is 14.3 Å². The summed E-state index contributed by atoms with van der Waals surface area (Å²) in [7, 11) is -2.11. The van der Waals surface area contributed by atoms with E-state index in [1.54, 1.807) is 4.52 Å². The van der Waals surface area contributed by atoms with Gasteiger partial charge in [0.1, 0.15) is 17.9 Å². The molecule has 1 fully saturated rings. The Morgan fingerprint density at radius 2 is 2.19 bits per heavy atom. The molecule has 27 heavy (non-hydrogen) atoms. The highest BCUT2D eigenvalue weighted by Crippen LogP contribution is 2.46. The number of nitrogens with zero attached hydrogens (tertiary/aromatic N) is 3. The molecule has 3 atom stereocenters. The standard InChI is InChI=1S/C19H28N4O3Si/c1-7-19(11-24)16(26-27(5,6)18(2,3)4)10-15(25-19)13-8-9-14-17(20)21-12-22-23(13)14/h1,8-9,12,15-16,24H,10-11H2,2-6H3,(H2,20,21,22)/t15-,16+,19-/m1/s1. The SMILES string of the molecule is C#C[C@]1(CO)O[C@@H](c2ccc3c(N)ncnn23)C[C@@H]1O[Si](C)(C)C(C)(C)C. The summed E-state index contributed by atoms with van der Waals surface area (Å²) in [6.07, 6.45) is 6.98. The van der Waals surface area contributed by atoms with Crippen molar-refractivity contribution in [3.8, 4) is 12.3 Å². The van der Waals surface area contributed by atoms with Crippen LogP contribution in [0.1, 0.15) is 39.0 Å². The number of hydrogen-bond acceptors (Lipinski definition) is 6. The molecule has 3 heterocycles. The van der Waals surface area contributed by atoms with Gasteiger partial charge in [0.25, 0.3) is 0 Å². The Morgan fingerprint density at radius 3 is 2.78 bits per heavy atom. The Balaban J connectivity index is 1.97. The molecule has 0 unspecified atom stereocenters. The molecule has 0 bridgehead atoms. The van der Waals surface area contributed by atoms with Crippen LogP contribution in [0.4, 0.5) is 5.82 Å². The molecular weight excluding hydrogens is 360 g/mol. The average molecular weight is 389 g/mol. The van der Waals surface area contributed by atoms with Crippen molar-refractivity contribution >= 4 is 19.7 Å². The van der Waals surface area contributed by atoms with Gasteiger partial charge < -0.3 is 20.0 Å².